The van der Waals surface area contributed by atoms with Crippen LogP contribution < -0.4 is 10.2 Å². The van der Waals surface area contributed by atoms with E-state index >= 15 is 0 Å². The molecular formula is C23H25N3O3. The second-order valence-corrected chi connectivity index (χ2v) is 7.62. The molecule has 2 aliphatic heterocycles. The molecule has 0 aliphatic carbocycles. The van der Waals surface area contributed by atoms with Crippen molar-refractivity contribution in [3.8, 4) is 0 Å². The number of carbonyl (C=O) groups excluding carboxylic acids is 3. The summed E-state index contributed by atoms with van der Waals surface area (Å²) in [7, 11) is 0. The van der Waals surface area contributed by atoms with Crippen molar-refractivity contribution in [1.82, 2.24) is 4.90 Å². The van der Waals surface area contributed by atoms with Gasteiger partial charge in [-0.3, -0.25) is 19.3 Å². The minimum absolute atomic E-state index is 0.139. The Morgan fingerprint density at radius 1 is 0.897 bits per heavy atom. The predicted molar refractivity (Wildman–Crippen MR) is 112 cm³/mol. The lowest BCUT2D eigenvalue weighted by Crippen LogP contribution is -2.46. The highest BCUT2D eigenvalue weighted by atomic mass is 16.2. The highest BCUT2D eigenvalue weighted by Crippen LogP contribution is 2.22. The van der Waals surface area contributed by atoms with Gasteiger partial charge in [-0.2, -0.15) is 0 Å². The maximum absolute atomic E-state index is 12.6. The smallest absolute Gasteiger partial charge is 0.261 e. The lowest BCUT2D eigenvalue weighted by Gasteiger charge is -2.26. The number of fused-ring (bicyclic) bond motifs is 1. The van der Waals surface area contributed by atoms with E-state index < -0.39 is 5.91 Å². The van der Waals surface area contributed by atoms with E-state index in [0.29, 0.717) is 16.8 Å². The van der Waals surface area contributed by atoms with Crippen LogP contribution >= 0.6 is 0 Å². The second-order valence-electron chi connectivity index (χ2n) is 7.62. The summed E-state index contributed by atoms with van der Waals surface area (Å²) in [6.07, 6.45) is 5.12. The maximum Gasteiger partial charge on any atom is 0.261 e. The van der Waals surface area contributed by atoms with Crippen LogP contribution in [0, 0.1) is 0 Å². The number of imide groups is 1. The van der Waals surface area contributed by atoms with Crippen molar-refractivity contribution in [2.24, 2.45) is 0 Å². The highest BCUT2D eigenvalue weighted by Gasteiger charge is 2.31. The van der Waals surface area contributed by atoms with Crippen LogP contribution in [0.3, 0.4) is 0 Å². The van der Waals surface area contributed by atoms with E-state index in [1.165, 1.54) is 25.7 Å². The normalized spacial score (nSPS) is 17.0. The zero-order chi connectivity index (χ0) is 20.2. The van der Waals surface area contributed by atoms with Gasteiger partial charge in [0.15, 0.2) is 0 Å². The number of amides is 3. The Morgan fingerprint density at radius 2 is 1.59 bits per heavy atom. The molecule has 3 amide bonds. The summed E-state index contributed by atoms with van der Waals surface area (Å²) in [6.45, 7) is 1.85. The zero-order valence-electron chi connectivity index (χ0n) is 16.4. The van der Waals surface area contributed by atoms with Crippen molar-refractivity contribution in [2.75, 3.05) is 29.9 Å². The Labute approximate surface area is 170 Å². The first-order chi connectivity index (χ1) is 14.1. The Kier molecular flexibility index (Phi) is 5.60. The number of hydrogen-bond acceptors (Lipinski definition) is 4. The lowest BCUT2D eigenvalue weighted by molar-refractivity contribution is -0.131. The van der Waals surface area contributed by atoms with E-state index in [-0.39, 0.29) is 24.8 Å². The maximum atomic E-state index is 12.6. The summed E-state index contributed by atoms with van der Waals surface area (Å²) in [4.78, 5) is 40.8. The van der Waals surface area contributed by atoms with Crippen molar-refractivity contribution in [2.45, 2.75) is 32.1 Å². The molecule has 2 aliphatic rings. The van der Waals surface area contributed by atoms with Gasteiger partial charge in [-0.1, -0.05) is 31.0 Å². The van der Waals surface area contributed by atoms with Gasteiger partial charge in [-0.25, -0.2) is 0 Å². The average molecular weight is 391 g/mol. The molecule has 1 saturated heterocycles. The number of nitrogens with one attached hydrogen (secondary N) is 1. The van der Waals surface area contributed by atoms with Gasteiger partial charge in [0.1, 0.15) is 6.54 Å². The van der Waals surface area contributed by atoms with Crippen molar-refractivity contribution in [3.63, 3.8) is 0 Å². The third kappa shape index (κ3) is 4.31. The number of nitrogens with zero attached hydrogens (tertiary/aromatic N) is 2. The topological polar surface area (TPSA) is 69.7 Å². The van der Waals surface area contributed by atoms with Crippen LogP contribution in [0.25, 0.3) is 0 Å². The molecule has 1 N–H and O–H groups in total. The number of benzene rings is 2. The molecule has 150 valence electrons. The summed E-state index contributed by atoms with van der Waals surface area (Å²) in [5, 5.41) is 2.79. The first-order valence-corrected chi connectivity index (χ1v) is 10.2. The third-order valence-corrected chi connectivity index (χ3v) is 5.56. The summed E-state index contributed by atoms with van der Waals surface area (Å²) >= 11 is 0. The summed E-state index contributed by atoms with van der Waals surface area (Å²) < 4.78 is 0. The van der Waals surface area contributed by atoms with E-state index in [4.69, 9.17) is 0 Å². The second kappa shape index (κ2) is 8.47. The van der Waals surface area contributed by atoms with Crippen LogP contribution in [-0.4, -0.2) is 42.3 Å². The molecule has 2 aromatic rings. The first-order valence-electron chi connectivity index (χ1n) is 10.2. The van der Waals surface area contributed by atoms with Crippen molar-refractivity contribution >= 4 is 29.1 Å². The van der Waals surface area contributed by atoms with Gasteiger partial charge in [0.25, 0.3) is 5.91 Å². The number of anilines is 2. The van der Waals surface area contributed by atoms with Crippen LogP contribution in [-0.2, 0) is 16.0 Å². The van der Waals surface area contributed by atoms with E-state index in [1.807, 2.05) is 24.3 Å². The number of hydrogen-bond donors (Lipinski definition) is 1. The van der Waals surface area contributed by atoms with Gasteiger partial charge in [0.2, 0.25) is 11.8 Å². The van der Waals surface area contributed by atoms with Crippen LogP contribution in [0.5, 0.6) is 0 Å². The average Bonchev–Trinajstić information content (AvgIpc) is 3.01. The zero-order valence-corrected chi connectivity index (χ0v) is 16.4. The molecular weight excluding hydrogens is 366 g/mol. The van der Waals surface area contributed by atoms with Crippen LogP contribution in [0.4, 0.5) is 11.4 Å². The van der Waals surface area contributed by atoms with E-state index in [9.17, 15) is 14.4 Å². The molecule has 0 spiro atoms. The van der Waals surface area contributed by atoms with Crippen LogP contribution in [0.15, 0.2) is 48.5 Å². The van der Waals surface area contributed by atoms with Gasteiger partial charge in [0, 0.05) is 30.0 Å². The molecule has 0 aromatic heterocycles. The fraction of sp³-hybridized carbons (Fsp3) is 0.348. The van der Waals surface area contributed by atoms with Crippen molar-refractivity contribution in [1.29, 1.82) is 0 Å². The van der Waals surface area contributed by atoms with E-state index in [1.54, 1.807) is 24.3 Å². The molecule has 0 radical (unpaired) electrons. The van der Waals surface area contributed by atoms with Gasteiger partial charge in [-0.15, -0.1) is 0 Å². The molecule has 4 rings (SSSR count). The van der Waals surface area contributed by atoms with Crippen LogP contribution in [0.1, 0.15) is 41.6 Å². The molecule has 6 heteroatoms. The SMILES string of the molecule is O=C(CN1C(=O)Cc2ccccc2C1=O)Nc1ccc(N2CCCCCC2)cc1. The number of carbonyl (C=O) groups is 3. The Hall–Kier alpha value is -3.15. The molecule has 29 heavy (non-hydrogen) atoms. The monoisotopic (exact) mass is 391 g/mol. The van der Waals surface area contributed by atoms with Crippen LogP contribution in [0.2, 0.25) is 0 Å². The Morgan fingerprint density at radius 3 is 2.31 bits per heavy atom. The van der Waals surface area contributed by atoms with E-state index in [0.717, 1.165) is 23.7 Å². The van der Waals surface area contributed by atoms with Gasteiger partial charge < -0.3 is 10.2 Å². The summed E-state index contributed by atoms with van der Waals surface area (Å²) in [5.74, 6) is -1.14. The Bertz CT molecular complexity index is 915. The molecule has 0 unspecified atom stereocenters. The lowest BCUT2D eigenvalue weighted by atomic mass is 9.98. The van der Waals surface area contributed by atoms with Gasteiger partial charge >= 0.3 is 0 Å². The van der Waals surface area contributed by atoms with Gasteiger partial charge in [-0.05, 0) is 48.7 Å². The summed E-state index contributed by atoms with van der Waals surface area (Å²) in [5.41, 5.74) is 3.01. The number of rotatable bonds is 4. The minimum atomic E-state index is -0.413. The molecule has 1 fully saturated rings. The standard InChI is InChI=1S/C23H25N3O3/c27-21(16-26-22(28)15-17-7-3-4-8-20(17)23(26)29)24-18-9-11-19(12-10-18)25-13-5-1-2-6-14-25/h3-4,7-12H,1-2,5-6,13-16H2,(H,24,27). The molecule has 0 bridgehead atoms. The molecule has 2 aromatic carbocycles. The van der Waals surface area contributed by atoms with Gasteiger partial charge in [0.05, 0.1) is 6.42 Å². The minimum Gasteiger partial charge on any atom is -0.372 e. The summed E-state index contributed by atoms with van der Waals surface area (Å²) in [6, 6.07) is 14.8. The van der Waals surface area contributed by atoms with Crippen molar-refractivity contribution in [3.05, 3.63) is 59.7 Å². The predicted octanol–water partition coefficient (Wildman–Crippen LogP) is 3.23. The third-order valence-electron chi connectivity index (χ3n) is 5.56. The first kappa shape index (κ1) is 19.2. The van der Waals surface area contributed by atoms with E-state index in [2.05, 4.69) is 10.2 Å². The quantitative estimate of drug-likeness (QED) is 0.813. The largest absolute Gasteiger partial charge is 0.372 e. The highest BCUT2D eigenvalue weighted by molar-refractivity contribution is 6.12. The molecule has 6 nitrogen and oxygen atoms in total. The fourth-order valence-corrected chi connectivity index (χ4v) is 3.99. The molecule has 0 atom stereocenters. The fourth-order valence-electron chi connectivity index (χ4n) is 3.99. The van der Waals surface area contributed by atoms with Crippen molar-refractivity contribution < 1.29 is 14.4 Å². The Balaban J connectivity index is 1.38. The molecule has 2 heterocycles. The molecule has 0 saturated carbocycles.